The molecule has 0 saturated carbocycles. The first kappa shape index (κ1) is 22.5. The Balaban J connectivity index is 1.51. The number of piperidine rings is 1. The van der Waals surface area contributed by atoms with Crippen LogP contribution in [-0.4, -0.2) is 60.5 Å². The van der Waals surface area contributed by atoms with Gasteiger partial charge in [0.05, 0.1) is 6.10 Å². The lowest BCUT2D eigenvalue weighted by Crippen LogP contribution is -2.40. The number of anilines is 3. The van der Waals surface area contributed by atoms with Gasteiger partial charge in [-0.05, 0) is 56.2 Å². The second-order valence-corrected chi connectivity index (χ2v) is 10.0. The minimum absolute atomic E-state index is 0.246. The maximum atomic E-state index is 5.69. The van der Waals surface area contributed by atoms with Gasteiger partial charge in [0.2, 0.25) is 5.95 Å². The third kappa shape index (κ3) is 6.42. The average Bonchev–Trinajstić information content (AvgIpc) is 3.11. The van der Waals surface area contributed by atoms with Crippen molar-refractivity contribution in [2.45, 2.75) is 64.9 Å². The highest BCUT2D eigenvalue weighted by Gasteiger charge is 2.25. The first-order chi connectivity index (χ1) is 15.1. The molecule has 3 fully saturated rings. The summed E-state index contributed by atoms with van der Waals surface area (Å²) < 4.78 is 5.69. The fourth-order valence-electron chi connectivity index (χ4n) is 5.11. The Hall–Kier alpha value is -1.67. The lowest BCUT2D eigenvalue weighted by atomic mass is 9.92. The summed E-state index contributed by atoms with van der Waals surface area (Å²) in [5.41, 5.74) is 0. The van der Waals surface area contributed by atoms with Crippen molar-refractivity contribution in [3.63, 3.8) is 0 Å². The van der Waals surface area contributed by atoms with E-state index in [1.165, 1.54) is 32.1 Å². The zero-order chi connectivity index (χ0) is 21.6. The number of hydrogen-bond acceptors (Lipinski definition) is 6. The summed E-state index contributed by atoms with van der Waals surface area (Å²) in [7, 11) is 0. The highest BCUT2D eigenvalue weighted by atomic mass is 32.1. The van der Waals surface area contributed by atoms with Gasteiger partial charge in [0.15, 0.2) is 5.11 Å². The number of rotatable bonds is 5. The first-order valence-corrected chi connectivity index (χ1v) is 12.5. The topological polar surface area (TPSA) is 65.5 Å². The number of thiocarbonyl (C=S) groups is 1. The molecule has 1 aromatic rings. The standard InChI is InChI=1S/C23H38N6OS/c1-17-12-18(2)16-29(15-17)21-13-20(28-9-5-3-4-6-10-28)25-22(26-21)27-23(31)24-14-19-8-7-11-30-19/h13,17-19H,3-12,14-16H2,1-2H3,(H2,24,25,26,27,31)/t17-,18-,19+/m1/s1. The third-order valence-corrected chi connectivity index (χ3v) is 6.81. The summed E-state index contributed by atoms with van der Waals surface area (Å²) in [4.78, 5) is 14.6. The molecular weight excluding hydrogens is 408 g/mol. The van der Waals surface area contributed by atoms with Crippen molar-refractivity contribution in [3.8, 4) is 0 Å². The van der Waals surface area contributed by atoms with Crippen LogP contribution in [-0.2, 0) is 4.74 Å². The van der Waals surface area contributed by atoms with E-state index < -0.39 is 0 Å². The highest BCUT2D eigenvalue weighted by Crippen LogP contribution is 2.29. The van der Waals surface area contributed by atoms with E-state index in [9.17, 15) is 0 Å². The van der Waals surface area contributed by atoms with Gasteiger partial charge in [-0.15, -0.1) is 0 Å². The molecule has 0 aliphatic carbocycles. The van der Waals surface area contributed by atoms with Crippen molar-refractivity contribution < 1.29 is 4.74 Å². The van der Waals surface area contributed by atoms with Gasteiger partial charge < -0.3 is 25.2 Å². The summed E-state index contributed by atoms with van der Waals surface area (Å²) in [6.07, 6.45) is 8.80. The number of nitrogens with one attached hydrogen (secondary N) is 2. The van der Waals surface area contributed by atoms with Gasteiger partial charge in [0.25, 0.3) is 0 Å². The van der Waals surface area contributed by atoms with Gasteiger partial charge in [-0.1, -0.05) is 26.7 Å². The molecule has 0 unspecified atom stereocenters. The van der Waals surface area contributed by atoms with E-state index in [-0.39, 0.29) is 6.10 Å². The zero-order valence-corrected chi connectivity index (χ0v) is 19.9. The molecule has 0 bridgehead atoms. The molecular formula is C23H38N6OS. The molecule has 31 heavy (non-hydrogen) atoms. The molecule has 7 nitrogen and oxygen atoms in total. The normalized spacial score (nSPS) is 27.1. The van der Waals surface area contributed by atoms with E-state index in [4.69, 9.17) is 26.9 Å². The third-order valence-electron chi connectivity index (χ3n) is 6.56. The minimum Gasteiger partial charge on any atom is -0.376 e. The molecule has 3 atom stereocenters. The SMILES string of the molecule is C[C@@H]1C[C@@H](C)CN(c2cc(N3CCCCCC3)nc(NC(=S)NC[C@@H]3CCCO3)n2)C1. The van der Waals surface area contributed by atoms with E-state index in [2.05, 4.69) is 40.3 Å². The second-order valence-electron chi connectivity index (χ2n) is 9.63. The molecule has 0 radical (unpaired) electrons. The molecule has 1 aromatic heterocycles. The number of aromatic nitrogens is 2. The molecule has 3 aliphatic rings. The van der Waals surface area contributed by atoms with Crippen LogP contribution >= 0.6 is 12.2 Å². The Labute approximate surface area is 192 Å². The van der Waals surface area contributed by atoms with Gasteiger partial charge in [0.1, 0.15) is 11.6 Å². The summed E-state index contributed by atoms with van der Waals surface area (Å²) in [5, 5.41) is 7.10. The van der Waals surface area contributed by atoms with Crippen LogP contribution in [0.4, 0.5) is 17.6 Å². The molecule has 2 N–H and O–H groups in total. The Morgan fingerprint density at radius 1 is 1.03 bits per heavy atom. The maximum Gasteiger partial charge on any atom is 0.232 e. The summed E-state index contributed by atoms with van der Waals surface area (Å²) >= 11 is 5.54. The van der Waals surface area contributed by atoms with Crippen molar-refractivity contribution in [2.75, 3.05) is 54.4 Å². The van der Waals surface area contributed by atoms with Crippen molar-refractivity contribution in [3.05, 3.63) is 6.07 Å². The quantitative estimate of drug-likeness (QED) is 0.662. The van der Waals surface area contributed by atoms with Crippen molar-refractivity contribution in [1.29, 1.82) is 0 Å². The smallest absolute Gasteiger partial charge is 0.232 e. The monoisotopic (exact) mass is 446 g/mol. The molecule has 4 heterocycles. The predicted octanol–water partition coefficient (Wildman–Crippen LogP) is 3.80. The van der Waals surface area contributed by atoms with Crippen LogP contribution in [0, 0.1) is 11.8 Å². The van der Waals surface area contributed by atoms with Crippen LogP contribution in [0.1, 0.15) is 58.8 Å². The molecule has 0 amide bonds. The number of hydrogen-bond donors (Lipinski definition) is 2. The number of nitrogens with zero attached hydrogens (tertiary/aromatic N) is 4. The Bertz CT molecular complexity index is 723. The Morgan fingerprint density at radius 3 is 2.35 bits per heavy atom. The average molecular weight is 447 g/mol. The van der Waals surface area contributed by atoms with Gasteiger partial charge in [-0.3, -0.25) is 0 Å². The van der Waals surface area contributed by atoms with E-state index in [0.29, 0.717) is 22.9 Å². The lowest BCUT2D eigenvalue weighted by molar-refractivity contribution is 0.114. The minimum atomic E-state index is 0.246. The summed E-state index contributed by atoms with van der Waals surface area (Å²) in [6, 6.07) is 2.18. The molecule has 0 aromatic carbocycles. The van der Waals surface area contributed by atoms with Gasteiger partial charge >= 0.3 is 0 Å². The molecule has 3 saturated heterocycles. The molecule has 172 valence electrons. The van der Waals surface area contributed by atoms with Crippen molar-refractivity contribution >= 4 is 34.9 Å². The first-order valence-electron chi connectivity index (χ1n) is 12.1. The number of ether oxygens (including phenoxy) is 1. The molecule has 8 heteroatoms. The fourth-order valence-corrected chi connectivity index (χ4v) is 5.28. The van der Waals surface area contributed by atoms with Gasteiger partial charge in [-0.25, -0.2) is 0 Å². The van der Waals surface area contributed by atoms with Crippen LogP contribution in [0.3, 0.4) is 0 Å². The van der Waals surface area contributed by atoms with E-state index >= 15 is 0 Å². The fraction of sp³-hybridized carbons (Fsp3) is 0.783. The summed E-state index contributed by atoms with van der Waals surface area (Å²) in [5.74, 6) is 3.96. The Kier molecular flexibility index (Phi) is 7.82. The van der Waals surface area contributed by atoms with Crippen LogP contribution in [0.25, 0.3) is 0 Å². The largest absolute Gasteiger partial charge is 0.376 e. The molecule has 0 spiro atoms. The molecule has 3 aliphatic heterocycles. The summed E-state index contributed by atoms with van der Waals surface area (Å²) in [6.45, 7) is 10.5. The second kappa shape index (κ2) is 10.8. The predicted molar refractivity (Wildman–Crippen MR) is 131 cm³/mol. The van der Waals surface area contributed by atoms with E-state index in [1.807, 2.05) is 0 Å². The molecule has 4 rings (SSSR count). The highest BCUT2D eigenvalue weighted by molar-refractivity contribution is 7.80. The lowest BCUT2D eigenvalue weighted by Gasteiger charge is -2.36. The van der Waals surface area contributed by atoms with E-state index in [0.717, 1.165) is 63.8 Å². The van der Waals surface area contributed by atoms with Gasteiger partial charge in [-0.2, -0.15) is 9.97 Å². The van der Waals surface area contributed by atoms with Crippen LogP contribution in [0.2, 0.25) is 0 Å². The van der Waals surface area contributed by atoms with Gasteiger partial charge in [0, 0.05) is 45.4 Å². The van der Waals surface area contributed by atoms with Crippen molar-refractivity contribution in [1.82, 2.24) is 15.3 Å². The Morgan fingerprint density at radius 2 is 1.71 bits per heavy atom. The van der Waals surface area contributed by atoms with Crippen LogP contribution in [0.15, 0.2) is 6.07 Å². The zero-order valence-electron chi connectivity index (χ0n) is 19.1. The van der Waals surface area contributed by atoms with Crippen molar-refractivity contribution in [2.24, 2.45) is 11.8 Å². The maximum absolute atomic E-state index is 5.69. The van der Waals surface area contributed by atoms with Crippen LogP contribution < -0.4 is 20.4 Å². The van der Waals surface area contributed by atoms with E-state index in [1.54, 1.807) is 0 Å². The van der Waals surface area contributed by atoms with Crippen LogP contribution in [0.5, 0.6) is 0 Å².